The maximum atomic E-state index is 13.2. The molecule has 1 saturated carbocycles. The molecule has 2 fully saturated rings. The van der Waals surface area contributed by atoms with Gasteiger partial charge in [0.1, 0.15) is 11.9 Å². The van der Waals surface area contributed by atoms with Gasteiger partial charge in [-0.15, -0.1) is 0 Å². The molecule has 44 heavy (non-hydrogen) atoms. The molecule has 3 amide bonds. The zero-order chi connectivity index (χ0) is 31.2. The number of fused-ring (bicyclic) bond motifs is 3. The highest BCUT2D eigenvalue weighted by molar-refractivity contribution is 5.95. The number of aromatic nitrogens is 3. The van der Waals surface area contributed by atoms with E-state index in [2.05, 4.69) is 32.1 Å². The normalized spacial score (nSPS) is 20.9. The number of likely N-dealkylation sites (tertiary alicyclic amines) is 1. The standard InChI is InChI=1S/C32H36N8O4/c1-34-28(42)20-6-8-24-18(12-20)4-5-19-13-21(29(43)35-2)7-9-25(19)32(24,30-37-31(44)39(3)38-30)10-11-36-17-27(41)40-23(16-33)14-22-15-26(22)40/h6-9,12-13,22-23,26,36H,4-5,10-11,14-15,17H2,1-3H3,(H,34,42)(H,35,43)(H,37,38,44)/t22-,23+,26+/m1/s1. The second-order valence-corrected chi connectivity index (χ2v) is 11.9. The lowest BCUT2D eigenvalue weighted by Crippen LogP contribution is -2.44. The first-order valence-electron chi connectivity index (χ1n) is 15.0. The fraction of sp³-hybridized carbons (Fsp3) is 0.438. The van der Waals surface area contributed by atoms with Gasteiger partial charge in [-0.05, 0) is 91.1 Å². The van der Waals surface area contributed by atoms with Gasteiger partial charge in [-0.2, -0.15) is 10.4 Å². The summed E-state index contributed by atoms with van der Waals surface area (Å²) in [4.78, 5) is 55.9. The van der Waals surface area contributed by atoms with Crippen LogP contribution < -0.4 is 21.6 Å². The summed E-state index contributed by atoms with van der Waals surface area (Å²) < 4.78 is 1.26. The van der Waals surface area contributed by atoms with Crippen LogP contribution in [0.2, 0.25) is 0 Å². The number of aromatic amines is 1. The summed E-state index contributed by atoms with van der Waals surface area (Å²) >= 11 is 0. The molecule has 1 aromatic heterocycles. The SMILES string of the molecule is CNC(=O)c1ccc2c(c1)CCc1cc(C(=O)NC)ccc1C2(CCNCC(=O)N1[C@H](C#N)C[C@@H]2C[C@@H]21)c1nn(C)c(=O)[nH]1. The predicted octanol–water partition coefficient (Wildman–Crippen LogP) is 0.753. The fourth-order valence-electron chi connectivity index (χ4n) is 7.15. The molecule has 1 saturated heterocycles. The molecule has 2 heterocycles. The summed E-state index contributed by atoms with van der Waals surface area (Å²) in [7, 11) is 4.76. The van der Waals surface area contributed by atoms with Gasteiger partial charge in [-0.25, -0.2) is 9.48 Å². The number of aryl methyl sites for hydroxylation is 3. The van der Waals surface area contributed by atoms with Gasteiger partial charge >= 0.3 is 5.69 Å². The first-order valence-corrected chi connectivity index (χ1v) is 15.0. The first-order chi connectivity index (χ1) is 21.2. The van der Waals surface area contributed by atoms with Crippen molar-refractivity contribution in [3.05, 3.63) is 86.1 Å². The van der Waals surface area contributed by atoms with Crippen molar-refractivity contribution in [2.45, 2.75) is 49.6 Å². The van der Waals surface area contributed by atoms with E-state index in [-0.39, 0.29) is 42.0 Å². The van der Waals surface area contributed by atoms with Crippen molar-refractivity contribution < 1.29 is 14.4 Å². The lowest BCUT2D eigenvalue weighted by molar-refractivity contribution is -0.131. The van der Waals surface area contributed by atoms with E-state index in [1.807, 2.05) is 24.3 Å². The lowest BCUT2D eigenvalue weighted by Gasteiger charge is -2.35. The molecule has 3 atom stereocenters. The lowest BCUT2D eigenvalue weighted by atomic mass is 9.69. The Kier molecular flexibility index (Phi) is 7.59. The number of hydrogen-bond donors (Lipinski definition) is 4. The summed E-state index contributed by atoms with van der Waals surface area (Å²) in [6, 6.07) is 13.2. The molecule has 0 unspecified atom stereocenters. The molecule has 1 aliphatic heterocycles. The van der Waals surface area contributed by atoms with Crippen LogP contribution in [-0.4, -0.2) is 76.7 Å². The topological polar surface area (TPSA) is 165 Å². The Labute approximate surface area is 254 Å². The third-order valence-corrected chi connectivity index (χ3v) is 9.44. The van der Waals surface area contributed by atoms with Gasteiger partial charge in [-0.3, -0.25) is 19.4 Å². The molecule has 0 radical (unpaired) electrons. The number of piperidine rings is 1. The molecule has 3 aliphatic rings. The third kappa shape index (κ3) is 4.87. The number of nitrogens with zero attached hydrogens (tertiary/aromatic N) is 4. The highest BCUT2D eigenvalue weighted by Gasteiger charge is 2.54. The number of nitrogens with one attached hydrogen (secondary N) is 4. The maximum absolute atomic E-state index is 13.2. The van der Waals surface area contributed by atoms with Crippen LogP contribution in [0.1, 0.15) is 68.1 Å². The molecule has 0 bridgehead atoms. The highest BCUT2D eigenvalue weighted by atomic mass is 16.2. The minimum absolute atomic E-state index is 0.0845. The number of carbonyl (C=O) groups excluding carboxylic acids is 3. The molecular formula is C32H36N8O4. The summed E-state index contributed by atoms with van der Waals surface area (Å²) in [5.74, 6) is 0.376. The summed E-state index contributed by atoms with van der Waals surface area (Å²) in [6.07, 6.45) is 3.32. The van der Waals surface area contributed by atoms with Crippen LogP contribution in [0.15, 0.2) is 41.2 Å². The smallest absolute Gasteiger partial charge is 0.343 e. The molecular weight excluding hydrogens is 560 g/mol. The number of carbonyl (C=O) groups is 3. The quantitative estimate of drug-likeness (QED) is 0.279. The van der Waals surface area contributed by atoms with Crippen LogP contribution in [0.3, 0.4) is 0 Å². The van der Waals surface area contributed by atoms with Crippen molar-refractivity contribution in [3.63, 3.8) is 0 Å². The molecule has 228 valence electrons. The van der Waals surface area contributed by atoms with E-state index in [1.54, 1.807) is 38.2 Å². The van der Waals surface area contributed by atoms with Crippen molar-refractivity contribution in [2.75, 3.05) is 27.2 Å². The van der Waals surface area contributed by atoms with Gasteiger partial charge in [0.15, 0.2) is 0 Å². The molecule has 2 aromatic carbocycles. The molecule has 6 rings (SSSR count). The Morgan fingerprint density at radius 2 is 1.64 bits per heavy atom. The van der Waals surface area contributed by atoms with Crippen molar-refractivity contribution in [2.24, 2.45) is 13.0 Å². The van der Waals surface area contributed by atoms with E-state index in [0.717, 1.165) is 35.1 Å². The third-order valence-electron chi connectivity index (χ3n) is 9.44. The number of rotatable bonds is 8. The minimum atomic E-state index is -0.968. The van der Waals surface area contributed by atoms with Gasteiger partial charge < -0.3 is 20.9 Å². The average molecular weight is 597 g/mol. The van der Waals surface area contributed by atoms with E-state index in [9.17, 15) is 24.4 Å². The Hall–Kier alpha value is -4.76. The number of benzene rings is 2. The Balaban J connectivity index is 1.42. The van der Waals surface area contributed by atoms with Crippen molar-refractivity contribution >= 4 is 17.7 Å². The Morgan fingerprint density at radius 3 is 2.16 bits per heavy atom. The van der Waals surface area contributed by atoms with E-state index in [4.69, 9.17) is 0 Å². The Morgan fingerprint density at radius 1 is 1.02 bits per heavy atom. The maximum Gasteiger partial charge on any atom is 0.343 e. The van der Waals surface area contributed by atoms with E-state index < -0.39 is 5.41 Å². The molecule has 0 spiro atoms. The van der Waals surface area contributed by atoms with Crippen LogP contribution >= 0.6 is 0 Å². The number of H-pyrrole nitrogens is 1. The average Bonchev–Trinajstić information content (AvgIpc) is 3.61. The van der Waals surface area contributed by atoms with E-state index in [0.29, 0.717) is 48.7 Å². The molecule has 2 aliphatic carbocycles. The summed E-state index contributed by atoms with van der Waals surface area (Å²) in [5, 5.41) is 22.9. The molecule has 12 nitrogen and oxygen atoms in total. The number of amides is 3. The van der Waals surface area contributed by atoms with Gasteiger partial charge in [0, 0.05) is 38.3 Å². The zero-order valence-electron chi connectivity index (χ0n) is 25.1. The Bertz CT molecular complexity index is 1680. The van der Waals surface area contributed by atoms with Crippen LogP contribution in [0.5, 0.6) is 0 Å². The highest BCUT2D eigenvalue weighted by Crippen LogP contribution is 2.48. The second-order valence-electron chi connectivity index (χ2n) is 11.9. The predicted molar refractivity (Wildman–Crippen MR) is 161 cm³/mol. The zero-order valence-corrected chi connectivity index (χ0v) is 25.1. The van der Waals surface area contributed by atoms with Gasteiger partial charge in [-0.1, -0.05) is 12.1 Å². The minimum Gasteiger partial charge on any atom is -0.355 e. The van der Waals surface area contributed by atoms with Crippen molar-refractivity contribution in [1.82, 2.24) is 35.6 Å². The first kappa shape index (κ1) is 29.3. The fourth-order valence-corrected chi connectivity index (χ4v) is 7.15. The van der Waals surface area contributed by atoms with Crippen LogP contribution in [0, 0.1) is 17.2 Å². The van der Waals surface area contributed by atoms with Crippen molar-refractivity contribution in [1.29, 1.82) is 5.26 Å². The van der Waals surface area contributed by atoms with E-state index >= 15 is 0 Å². The summed E-state index contributed by atoms with van der Waals surface area (Å²) in [5.41, 5.74) is 3.35. The number of hydrogen-bond acceptors (Lipinski definition) is 7. The summed E-state index contributed by atoms with van der Waals surface area (Å²) in [6.45, 7) is 0.470. The van der Waals surface area contributed by atoms with Crippen LogP contribution in [0.25, 0.3) is 0 Å². The van der Waals surface area contributed by atoms with Gasteiger partial charge in [0.2, 0.25) is 5.91 Å². The van der Waals surface area contributed by atoms with E-state index in [1.165, 1.54) is 4.68 Å². The van der Waals surface area contributed by atoms with Gasteiger partial charge in [0.25, 0.3) is 11.8 Å². The largest absolute Gasteiger partial charge is 0.355 e. The molecule has 12 heteroatoms. The van der Waals surface area contributed by atoms with Crippen LogP contribution in [0.4, 0.5) is 0 Å². The van der Waals surface area contributed by atoms with Crippen molar-refractivity contribution in [3.8, 4) is 6.07 Å². The van der Waals surface area contributed by atoms with Gasteiger partial charge in [0.05, 0.1) is 18.0 Å². The molecule has 4 N–H and O–H groups in total. The van der Waals surface area contributed by atoms with Crippen LogP contribution in [-0.2, 0) is 30.1 Å². The number of nitriles is 1. The second kappa shape index (κ2) is 11.4. The molecule has 3 aromatic rings. The monoisotopic (exact) mass is 596 g/mol.